The minimum Gasteiger partial charge on any atom is -0.340 e. The number of rotatable bonds is 1. The molecule has 0 aromatic carbocycles. The number of hydrogen-bond acceptors (Lipinski definition) is 0. The summed E-state index contributed by atoms with van der Waals surface area (Å²) < 4.78 is 0. The zero-order valence-corrected chi connectivity index (χ0v) is 8.11. The molecule has 0 aliphatic carbocycles. The van der Waals surface area contributed by atoms with Gasteiger partial charge in [-0.2, -0.15) is 6.42 Å². The Hall–Kier alpha value is 0.454. The predicted octanol–water partition coefficient (Wildman–Crippen LogP) is 2.40. The van der Waals surface area contributed by atoms with Gasteiger partial charge < -0.3 is 6.92 Å². The van der Waals surface area contributed by atoms with Gasteiger partial charge in [0.15, 0.2) is 0 Å². The molecule has 0 heterocycles. The van der Waals surface area contributed by atoms with Crippen molar-refractivity contribution in [3.05, 3.63) is 39.2 Å². The summed E-state index contributed by atoms with van der Waals surface area (Å²) in [5, 5.41) is 0. The molecule has 0 rings (SSSR count). The monoisotopic (exact) mass is 185 g/mol. The third-order valence-corrected chi connectivity index (χ3v) is 0.204. The summed E-state index contributed by atoms with van der Waals surface area (Å²) in [5.41, 5.74) is 0. The fourth-order valence-corrected chi connectivity index (χ4v) is 0. The molecule has 0 saturated heterocycles. The molecular weight excluding hydrogens is 173 g/mol. The maximum absolute atomic E-state index is 3.49. The maximum Gasteiger partial charge on any atom is 0 e. The van der Waals surface area contributed by atoms with Crippen molar-refractivity contribution in [1.29, 1.82) is 0 Å². The molecule has 0 aliphatic rings. The molecule has 0 aromatic rings. The fourth-order valence-electron chi connectivity index (χ4n) is 0. The van der Waals surface area contributed by atoms with E-state index in [1.165, 1.54) is 6.08 Å². The molecule has 0 amide bonds. The average molecular weight is 185 g/mol. The Morgan fingerprint density at radius 3 is 1.50 bits per heavy atom. The van der Waals surface area contributed by atoms with Crippen molar-refractivity contribution in [2.75, 3.05) is 0 Å². The molecule has 0 spiro atoms. The van der Waals surface area contributed by atoms with Crippen LogP contribution in [-0.4, -0.2) is 0 Å². The predicted molar refractivity (Wildman–Crippen MR) is 35.7 cm³/mol. The van der Waals surface area contributed by atoms with E-state index >= 15 is 0 Å². The van der Waals surface area contributed by atoms with Gasteiger partial charge in [0.2, 0.25) is 0 Å². The molecule has 0 saturated carbocycles. The van der Waals surface area contributed by atoms with Gasteiger partial charge >= 0.3 is 0 Å². The minimum absolute atomic E-state index is 0. The second-order valence-corrected chi connectivity index (χ2v) is 0.866. The van der Waals surface area contributed by atoms with Crippen molar-refractivity contribution >= 4 is 0 Å². The Balaban J connectivity index is -0.0000000575. The van der Waals surface area contributed by atoms with E-state index in [0.29, 0.717) is 0 Å². The number of allylic oxidation sites excluding steroid dienone is 2. The molecule has 0 N–H and O–H groups in total. The third-order valence-electron chi connectivity index (χ3n) is 0.204. The third kappa shape index (κ3) is 90.8. The van der Waals surface area contributed by atoms with Gasteiger partial charge in [-0.1, -0.05) is 0 Å². The van der Waals surface area contributed by atoms with E-state index in [1.54, 1.807) is 6.08 Å². The Kier molecular flexibility index (Phi) is 51.4. The quantitative estimate of drug-likeness (QED) is 0.434. The van der Waals surface area contributed by atoms with Gasteiger partial charge in [0.25, 0.3) is 0 Å². The summed E-state index contributed by atoms with van der Waals surface area (Å²) in [6.45, 7) is 13.4. The number of hydrogen-bond donors (Lipinski definition) is 0. The SMILES string of the molecule is C=CC[CH2-].C=C[CH2-].[Y]. The van der Waals surface area contributed by atoms with Gasteiger partial charge in [0.05, 0.1) is 0 Å². The maximum atomic E-state index is 3.49. The first-order valence-electron chi connectivity index (χ1n) is 2.13. The van der Waals surface area contributed by atoms with Crippen LogP contribution in [0.1, 0.15) is 6.42 Å². The van der Waals surface area contributed by atoms with E-state index in [2.05, 4.69) is 27.0 Å². The van der Waals surface area contributed by atoms with Crippen LogP contribution in [-0.2, 0) is 32.7 Å². The van der Waals surface area contributed by atoms with Crippen molar-refractivity contribution in [1.82, 2.24) is 0 Å². The van der Waals surface area contributed by atoms with Crippen LogP contribution in [0.15, 0.2) is 25.3 Å². The molecular formula is C7H12Y-2. The Bertz CT molecular complexity index is 39.7. The van der Waals surface area contributed by atoms with Crippen LogP contribution in [0.25, 0.3) is 0 Å². The summed E-state index contributed by atoms with van der Waals surface area (Å²) >= 11 is 0. The minimum atomic E-state index is 0. The van der Waals surface area contributed by atoms with Crippen molar-refractivity contribution in [2.24, 2.45) is 0 Å². The molecule has 0 atom stereocenters. The largest absolute Gasteiger partial charge is 0.340 e. The second-order valence-electron chi connectivity index (χ2n) is 0.866. The Labute approximate surface area is 77.9 Å². The summed E-state index contributed by atoms with van der Waals surface area (Å²) in [4.78, 5) is 0. The van der Waals surface area contributed by atoms with E-state index in [0.717, 1.165) is 6.42 Å². The first-order chi connectivity index (χ1) is 3.33. The summed E-state index contributed by atoms with van der Waals surface area (Å²) in [6.07, 6.45) is 4.10. The van der Waals surface area contributed by atoms with Gasteiger partial charge in [-0.25, -0.2) is 19.6 Å². The molecule has 0 unspecified atom stereocenters. The summed E-state index contributed by atoms with van der Waals surface area (Å²) in [6, 6.07) is 0. The Morgan fingerprint density at radius 1 is 1.38 bits per heavy atom. The van der Waals surface area contributed by atoms with Crippen LogP contribution < -0.4 is 0 Å². The van der Waals surface area contributed by atoms with Crippen LogP contribution in [0.5, 0.6) is 0 Å². The first-order valence-corrected chi connectivity index (χ1v) is 2.13. The van der Waals surface area contributed by atoms with Crippen LogP contribution in [0.3, 0.4) is 0 Å². The molecule has 1 heteroatoms. The molecule has 8 heavy (non-hydrogen) atoms. The van der Waals surface area contributed by atoms with E-state index in [9.17, 15) is 0 Å². The molecule has 0 fully saturated rings. The Morgan fingerprint density at radius 2 is 1.50 bits per heavy atom. The molecule has 0 nitrogen and oxygen atoms in total. The van der Waals surface area contributed by atoms with Crippen LogP contribution in [0, 0.1) is 13.8 Å². The van der Waals surface area contributed by atoms with E-state index < -0.39 is 0 Å². The van der Waals surface area contributed by atoms with Crippen LogP contribution >= 0.6 is 0 Å². The van der Waals surface area contributed by atoms with Gasteiger partial charge in [0, 0.05) is 32.7 Å². The van der Waals surface area contributed by atoms with Crippen molar-refractivity contribution in [3.63, 3.8) is 0 Å². The molecule has 0 aromatic heterocycles. The zero-order chi connectivity index (χ0) is 6.12. The summed E-state index contributed by atoms with van der Waals surface area (Å²) in [7, 11) is 0. The fraction of sp³-hybridized carbons (Fsp3) is 0.143. The van der Waals surface area contributed by atoms with Gasteiger partial charge in [-0.05, 0) is 0 Å². The molecule has 0 aliphatic heterocycles. The topological polar surface area (TPSA) is 0 Å². The standard InChI is InChI=1S/C4H7.C3H5.Y/c1-3-4-2;1-3-2;/h3H,1-2,4H2;3H,1-2H2;/q2*-1;. The van der Waals surface area contributed by atoms with E-state index in [4.69, 9.17) is 0 Å². The van der Waals surface area contributed by atoms with Crippen LogP contribution in [0.4, 0.5) is 0 Å². The van der Waals surface area contributed by atoms with Gasteiger partial charge in [-0.15, -0.1) is 12.7 Å². The smallest absolute Gasteiger partial charge is 0 e. The first kappa shape index (κ1) is 15.8. The van der Waals surface area contributed by atoms with Crippen LogP contribution in [0.2, 0.25) is 0 Å². The van der Waals surface area contributed by atoms with Crippen molar-refractivity contribution in [3.8, 4) is 0 Å². The van der Waals surface area contributed by atoms with E-state index in [1.807, 2.05) is 0 Å². The van der Waals surface area contributed by atoms with E-state index in [-0.39, 0.29) is 32.7 Å². The molecule has 45 valence electrons. The van der Waals surface area contributed by atoms with Gasteiger partial charge in [-0.3, -0.25) is 0 Å². The van der Waals surface area contributed by atoms with Crippen molar-refractivity contribution in [2.45, 2.75) is 6.42 Å². The molecule has 1 radical (unpaired) electrons. The second kappa shape index (κ2) is 26.0. The average Bonchev–Trinajstić information content (AvgIpc) is 1.69. The molecule has 0 bridgehead atoms. The summed E-state index contributed by atoms with van der Waals surface area (Å²) in [5.74, 6) is 0. The van der Waals surface area contributed by atoms with Crippen molar-refractivity contribution < 1.29 is 32.7 Å². The normalized spacial score (nSPS) is 4.62. The van der Waals surface area contributed by atoms with Gasteiger partial charge in [0.1, 0.15) is 0 Å². The zero-order valence-electron chi connectivity index (χ0n) is 5.27.